The Balaban J connectivity index is 3.50. The van der Waals surface area contributed by atoms with Gasteiger partial charge in [-0.25, -0.2) is 0 Å². The Morgan fingerprint density at radius 1 is 0.727 bits per heavy atom. The monoisotopic (exact) mass is 346 g/mol. The van der Waals surface area contributed by atoms with Gasteiger partial charge in [-0.15, -0.1) is 0 Å². The largest absolute Gasteiger partial charge is 0.373 e. The van der Waals surface area contributed by atoms with Crippen molar-refractivity contribution in [1.82, 2.24) is 10.6 Å². The maximum absolute atomic E-state index is 7.85. The zero-order valence-corrected chi connectivity index (χ0v) is 16.7. The Morgan fingerprint density at radius 3 is 1.32 bits per heavy atom. The van der Waals surface area contributed by atoms with Gasteiger partial charge in [0.25, 0.3) is 0 Å². The lowest BCUT2D eigenvalue weighted by molar-refractivity contribution is 0.407. The molecule has 0 fully saturated rings. The first-order valence-electron chi connectivity index (χ1n) is 7.87. The van der Waals surface area contributed by atoms with Crippen LogP contribution in [0.5, 0.6) is 0 Å². The van der Waals surface area contributed by atoms with Gasteiger partial charge in [0, 0.05) is 37.4 Å². The van der Waals surface area contributed by atoms with E-state index in [4.69, 9.17) is 10.8 Å². The van der Waals surface area contributed by atoms with Crippen LogP contribution >= 0.6 is 21.6 Å². The first kappa shape index (κ1) is 21.6. The van der Waals surface area contributed by atoms with E-state index in [1.165, 1.54) is 0 Å². The van der Waals surface area contributed by atoms with Crippen molar-refractivity contribution in [3.05, 3.63) is 0 Å². The summed E-state index contributed by atoms with van der Waals surface area (Å²) in [6.07, 6.45) is 1.57. The molecule has 0 saturated carbocycles. The van der Waals surface area contributed by atoms with Gasteiger partial charge in [0.1, 0.15) is 0 Å². The predicted molar refractivity (Wildman–Crippen MR) is 105 cm³/mol. The van der Waals surface area contributed by atoms with Crippen molar-refractivity contribution < 1.29 is 0 Å². The van der Waals surface area contributed by atoms with Gasteiger partial charge in [-0.3, -0.25) is 10.8 Å². The molecule has 22 heavy (non-hydrogen) atoms. The number of amidine groups is 2. The molecule has 4 N–H and O–H groups in total. The van der Waals surface area contributed by atoms with Crippen molar-refractivity contribution in [3.8, 4) is 0 Å². The van der Waals surface area contributed by atoms with Crippen LogP contribution in [0.4, 0.5) is 0 Å². The smallest absolute Gasteiger partial charge is 0.0940 e. The minimum absolute atomic E-state index is 0.217. The van der Waals surface area contributed by atoms with Crippen LogP contribution in [-0.4, -0.2) is 36.3 Å². The Morgan fingerprint density at radius 2 is 1.05 bits per heavy atom. The van der Waals surface area contributed by atoms with Crippen LogP contribution in [0, 0.1) is 21.6 Å². The summed E-state index contributed by atoms with van der Waals surface area (Å²) in [4.78, 5) is 0. The van der Waals surface area contributed by atoms with Crippen molar-refractivity contribution in [2.75, 3.05) is 24.6 Å². The molecule has 0 aliphatic rings. The molecule has 0 rings (SSSR count). The van der Waals surface area contributed by atoms with Gasteiger partial charge >= 0.3 is 0 Å². The van der Waals surface area contributed by atoms with E-state index >= 15 is 0 Å². The second-order valence-corrected chi connectivity index (χ2v) is 10.6. The van der Waals surface area contributed by atoms with E-state index in [-0.39, 0.29) is 10.8 Å². The third-order valence-corrected chi connectivity index (χ3v) is 5.03. The van der Waals surface area contributed by atoms with Gasteiger partial charge < -0.3 is 10.6 Å². The summed E-state index contributed by atoms with van der Waals surface area (Å²) in [5.41, 5.74) is 0.434. The van der Waals surface area contributed by atoms with E-state index in [2.05, 4.69) is 52.2 Å². The third-order valence-electron chi connectivity index (χ3n) is 2.62. The van der Waals surface area contributed by atoms with Crippen LogP contribution in [-0.2, 0) is 0 Å². The summed E-state index contributed by atoms with van der Waals surface area (Å²) >= 11 is 0. The third kappa shape index (κ3) is 16.0. The van der Waals surface area contributed by atoms with E-state index in [1.807, 2.05) is 0 Å². The van der Waals surface area contributed by atoms with Crippen LogP contribution in [0.15, 0.2) is 0 Å². The minimum Gasteiger partial charge on any atom is -0.373 e. The molecule has 0 aliphatic heterocycles. The lowest BCUT2D eigenvalue weighted by Gasteiger charge is -2.20. The Bertz CT molecular complexity index is 309. The van der Waals surface area contributed by atoms with Crippen LogP contribution in [0.3, 0.4) is 0 Å². The first-order chi connectivity index (χ1) is 9.99. The van der Waals surface area contributed by atoms with Crippen LogP contribution in [0.25, 0.3) is 0 Å². The second kappa shape index (κ2) is 10.4. The molecule has 0 heterocycles. The van der Waals surface area contributed by atoms with Gasteiger partial charge in [-0.2, -0.15) is 0 Å². The topological polar surface area (TPSA) is 71.8 Å². The maximum Gasteiger partial charge on any atom is 0.0940 e. The SMILES string of the molecule is CC(C)(C)CNC(=N)CCSSCCC(=N)NCC(C)(C)C. The van der Waals surface area contributed by atoms with Crippen molar-refractivity contribution in [1.29, 1.82) is 10.8 Å². The van der Waals surface area contributed by atoms with Crippen LogP contribution < -0.4 is 10.6 Å². The van der Waals surface area contributed by atoms with E-state index in [9.17, 15) is 0 Å². The molecule has 0 aliphatic carbocycles. The molecule has 0 amide bonds. The Kier molecular flexibility index (Phi) is 10.3. The first-order valence-corrected chi connectivity index (χ1v) is 10.4. The summed E-state index contributed by atoms with van der Waals surface area (Å²) in [5.74, 6) is 3.15. The van der Waals surface area contributed by atoms with Gasteiger partial charge in [0.05, 0.1) is 11.7 Å². The molecule has 0 unspecified atom stereocenters. The van der Waals surface area contributed by atoms with Gasteiger partial charge in [-0.05, 0) is 10.8 Å². The summed E-state index contributed by atoms with van der Waals surface area (Å²) in [7, 11) is 3.58. The molecule has 0 atom stereocenters. The number of hydrogen-bond donors (Lipinski definition) is 4. The highest BCUT2D eigenvalue weighted by atomic mass is 33.1. The zero-order valence-electron chi connectivity index (χ0n) is 15.1. The fourth-order valence-corrected chi connectivity index (χ4v) is 3.34. The summed E-state index contributed by atoms with van der Waals surface area (Å²) in [6, 6.07) is 0. The number of nitrogens with one attached hydrogen (secondary N) is 4. The summed E-state index contributed by atoms with van der Waals surface area (Å²) in [5, 5.41) is 22.1. The molecule has 0 bridgehead atoms. The molecule has 130 valence electrons. The van der Waals surface area contributed by atoms with Gasteiger partial charge in [-0.1, -0.05) is 63.1 Å². The van der Waals surface area contributed by atoms with E-state index < -0.39 is 0 Å². The molecule has 0 spiro atoms. The molecule has 0 aromatic carbocycles. The van der Waals surface area contributed by atoms with Crippen molar-refractivity contribution in [2.45, 2.75) is 54.4 Å². The van der Waals surface area contributed by atoms with Gasteiger partial charge in [0.15, 0.2) is 0 Å². The predicted octanol–water partition coefficient (Wildman–Crippen LogP) is 4.37. The highest BCUT2D eigenvalue weighted by Gasteiger charge is 2.11. The van der Waals surface area contributed by atoms with Crippen molar-refractivity contribution in [3.63, 3.8) is 0 Å². The minimum atomic E-state index is 0.217. The van der Waals surface area contributed by atoms with E-state index in [1.54, 1.807) is 21.6 Å². The molecule has 0 saturated heterocycles. The lowest BCUT2D eigenvalue weighted by atomic mass is 9.97. The molecular formula is C16H34N4S2. The average Bonchev–Trinajstić information content (AvgIpc) is 2.36. The van der Waals surface area contributed by atoms with Crippen LogP contribution in [0.1, 0.15) is 54.4 Å². The molecule has 6 heteroatoms. The summed E-state index contributed by atoms with van der Waals surface area (Å²) in [6.45, 7) is 14.7. The Labute approximate surface area is 144 Å². The highest BCUT2D eigenvalue weighted by Crippen LogP contribution is 2.22. The van der Waals surface area contributed by atoms with E-state index in [0.717, 1.165) is 37.4 Å². The number of rotatable bonds is 9. The zero-order chi connectivity index (χ0) is 17.2. The van der Waals surface area contributed by atoms with Crippen molar-refractivity contribution in [2.24, 2.45) is 10.8 Å². The lowest BCUT2D eigenvalue weighted by Crippen LogP contribution is -2.32. The fraction of sp³-hybridized carbons (Fsp3) is 0.875. The van der Waals surface area contributed by atoms with Gasteiger partial charge in [0.2, 0.25) is 0 Å². The average molecular weight is 347 g/mol. The maximum atomic E-state index is 7.85. The van der Waals surface area contributed by atoms with Crippen molar-refractivity contribution >= 4 is 33.3 Å². The molecular weight excluding hydrogens is 312 g/mol. The Hall–Kier alpha value is -0.360. The molecule has 4 nitrogen and oxygen atoms in total. The highest BCUT2D eigenvalue weighted by molar-refractivity contribution is 8.76. The summed E-state index contributed by atoms with van der Waals surface area (Å²) < 4.78 is 0. The molecule has 0 radical (unpaired) electrons. The normalized spacial score (nSPS) is 12.1. The second-order valence-electron chi connectivity index (χ2n) is 7.93. The molecule has 0 aromatic heterocycles. The standard InChI is InChI=1S/C16H34N4S2/c1-15(2,3)11-19-13(17)7-9-21-22-10-8-14(18)20-12-16(4,5)6/h7-12H2,1-6H3,(H2,17,19)(H2,18,20). The van der Waals surface area contributed by atoms with Crippen LogP contribution in [0.2, 0.25) is 0 Å². The quantitative estimate of drug-likeness (QED) is 0.216. The molecule has 0 aromatic rings. The fourth-order valence-electron chi connectivity index (χ4n) is 1.33. The van der Waals surface area contributed by atoms with E-state index in [0.29, 0.717) is 11.7 Å². The number of hydrogen-bond acceptors (Lipinski definition) is 4.